The van der Waals surface area contributed by atoms with Gasteiger partial charge in [0.2, 0.25) is 0 Å². The van der Waals surface area contributed by atoms with Crippen LogP contribution in [-0.2, 0) is 17.8 Å². The fourth-order valence-electron chi connectivity index (χ4n) is 3.37. The molecule has 1 aliphatic rings. The van der Waals surface area contributed by atoms with Gasteiger partial charge in [-0.1, -0.05) is 37.2 Å². The number of carbonyl (C=O) groups excluding carboxylic acids is 1. The maximum atomic E-state index is 12.2. The zero-order chi connectivity index (χ0) is 17.9. The molecule has 0 radical (unpaired) electrons. The van der Waals surface area contributed by atoms with E-state index in [4.69, 9.17) is 9.26 Å². The zero-order valence-corrected chi connectivity index (χ0v) is 14.9. The van der Waals surface area contributed by atoms with Gasteiger partial charge in [-0.2, -0.15) is 0 Å². The Morgan fingerprint density at radius 1 is 1.36 bits per heavy atom. The Hall–Kier alpha value is -2.34. The quantitative estimate of drug-likeness (QED) is 0.840. The van der Waals surface area contributed by atoms with Gasteiger partial charge < -0.3 is 19.9 Å². The summed E-state index contributed by atoms with van der Waals surface area (Å²) in [6.07, 6.45) is 1.78. The van der Waals surface area contributed by atoms with Crippen molar-refractivity contribution in [2.45, 2.75) is 39.3 Å². The highest BCUT2D eigenvalue weighted by Crippen LogP contribution is 2.47. The molecule has 0 saturated heterocycles. The molecule has 2 amide bonds. The molecule has 134 valence electrons. The molecule has 6 nitrogen and oxygen atoms in total. The summed E-state index contributed by atoms with van der Waals surface area (Å²) in [6, 6.07) is 11.4. The van der Waals surface area contributed by atoms with Crippen LogP contribution in [0.3, 0.4) is 0 Å². The number of carbonyl (C=O) groups is 1. The van der Waals surface area contributed by atoms with Crippen molar-refractivity contribution in [2.75, 3.05) is 12.4 Å². The van der Waals surface area contributed by atoms with Crippen LogP contribution in [-0.4, -0.2) is 24.3 Å². The number of aromatic nitrogens is 1. The molecule has 0 bridgehead atoms. The Kier molecular flexibility index (Phi) is 5.08. The predicted molar refractivity (Wildman–Crippen MR) is 95.2 cm³/mol. The molecule has 6 heteroatoms. The number of ether oxygens (including phenoxy) is 1. The highest BCUT2D eigenvalue weighted by Gasteiger charge is 2.48. The first-order valence-corrected chi connectivity index (χ1v) is 8.55. The molecule has 1 aromatic carbocycles. The van der Waals surface area contributed by atoms with Crippen molar-refractivity contribution in [3.8, 4) is 0 Å². The minimum atomic E-state index is -0.161. The third-order valence-electron chi connectivity index (χ3n) is 5.16. The van der Waals surface area contributed by atoms with E-state index in [1.54, 1.807) is 7.11 Å². The third kappa shape index (κ3) is 4.02. The second-order valence-corrected chi connectivity index (χ2v) is 7.19. The largest absolute Gasteiger partial charge is 0.377 e. The zero-order valence-electron chi connectivity index (χ0n) is 14.9. The van der Waals surface area contributed by atoms with Crippen molar-refractivity contribution in [3.63, 3.8) is 0 Å². The van der Waals surface area contributed by atoms with Gasteiger partial charge in [-0.05, 0) is 36.3 Å². The SMILES string of the molecule is COCc1cc(CC2CC(NC(=O)Nc3ccccc3)C2(C)C)no1. The topological polar surface area (TPSA) is 76.4 Å². The summed E-state index contributed by atoms with van der Waals surface area (Å²) >= 11 is 0. The van der Waals surface area contributed by atoms with Gasteiger partial charge in [-0.15, -0.1) is 0 Å². The van der Waals surface area contributed by atoms with Crippen LogP contribution < -0.4 is 10.6 Å². The molecule has 3 rings (SSSR count). The van der Waals surface area contributed by atoms with Gasteiger partial charge in [0.05, 0.1) is 5.69 Å². The first kappa shape index (κ1) is 17.5. The highest BCUT2D eigenvalue weighted by molar-refractivity contribution is 5.89. The molecule has 1 aromatic heterocycles. The second-order valence-electron chi connectivity index (χ2n) is 7.19. The van der Waals surface area contributed by atoms with Crippen LogP contribution in [0.5, 0.6) is 0 Å². The minimum Gasteiger partial charge on any atom is -0.377 e. The number of hydrogen-bond acceptors (Lipinski definition) is 4. The summed E-state index contributed by atoms with van der Waals surface area (Å²) in [5.41, 5.74) is 1.74. The fraction of sp³-hybridized carbons (Fsp3) is 0.474. The lowest BCUT2D eigenvalue weighted by molar-refractivity contribution is 0.0211. The Morgan fingerprint density at radius 3 is 2.80 bits per heavy atom. The van der Waals surface area contributed by atoms with E-state index in [2.05, 4.69) is 29.6 Å². The number of rotatable bonds is 6. The van der Waals surface area contributed by atoms with Crippen molar-refractivity contribution in [2.24, 2.45) is 11.3 Å². The van der Waals surface area contributed by atoms with Crippen molar-refractivity contribution < 1.29 is 14.1 Å². The number of para-hydroxylation sites is 1. The molecule has 2 atom stereocenters. The second kappa shape index (κ2) is 7.27. The van der Waals surface area contributed by atoms with E-state index in [1.807, 2.05) is 36.4 Å². The van der Waals surface area contributed by atoms with Gasteiger partial charge in [-0.3, -0.25) is 0 Å². The number of methoxy groups -OCH3 is 1. The average Bonchev–Trinajstić information content (AvgIpc) is 3.02. The van der Waals surface area contributed by atoms with Crippen molar-refractivity contribution in [3.05, 3.63) is 47.9 Å². The van der Waals surface area contributed by atoms with Crippen molar-refractivity contribution in [1.82, 2.24) is 10.5 Å². The monoisotopic (exact) mass is 343 g/mol. The number of nitrogens with one attached hydrogen (secondary N) is 2. The predicted octanol–water partition coefficient (Wildman–Crippen LogP) is 3.60. The van der Waals surface area contributed by atoms with Gasteiger partial charge >= 0.3 is 6.03 Å². The number of anilines is 1. The van der Waals surface area contributed by atoms with E-state index in [1.165, 1.54) is 0 Å². The molecule has 1 aliphatic carbocycles. The number of benzene rings is 1. The van der Waals surface area contributed by atoms with Crippen molar-refractivity contribution >= 4 is 11.7 Å². The van der Waals surface area contributed by atoms with Crippen LogP contribution in [0, 0.1) is 11.3 Å². The molecule has 2 unspecified atom stereocenters. The van der Waals surface area contributed by atoms with E-state index >= 15 is 0 Å². The number of hydrogen-bond donors (Lipinski definition) is 2. The number of urea groups is 1. The molecule has 1 saturated carbocycles. The number of nitrogens with zero attached hydrogens (tertiary/aromatic N) is 1. The van der Waals surface area contributed by atoms with Crippen molar-refractivity contribution in [1.29, 1.82) is 0 Å². The van der Waals surface area contributed by atoms with E-state index in [0.717, 1.165) is 30.0 Å². The lowest BCUT2D eigenvalue weighted by atomic mass is 9.57. The Labute approximate surface area is 147 Å². The van der Waals surface area contributed by atoms with E-state index < -0.39 is 0 Å². The van der Waals surface area contributed by atoms with E-state index in [9.17, 15) is 4.79 Å². The lowest BCUT2D eigenvalue weighted by Gasteiger charge is -2.52. The molecule has 1 fully saturated rings. The van der Waals surface area contributed by atoms with Crippen LogP contribution in [0.15, 0.2) is 40.9 Å². The molecular weight excluding hydrogens is 318 g/mol. The number of amides is 2. The van der Waals surface area contributed by atoms with Gasteiger partial charge in [0, 0.05) is 24.9 Å². The molecule has 1 heterocycles. The van der Waals surface area contributed by atoms with Gasteiger partial charge in [0.1, 0.15) is 6.61 Å². The maximum Gasteiger partial charge on any atom is 0.319 e. The first-order chi connectivity index (χ1) is 12.0. The Morgan fingerprint density at radius 2 is 2.12 bits per heavy atom. The molecule has 25 heavy (non-hydrogen) atoms. The molecule has 0 spiro atoms. The maximum absolute atomic E-state index is 12.2. The standard InChI is InChI=1S/C19H25N3O3/c1-19(2)13(9-15-11-16(12-24-3)25-22-15)10-17(19)21-18(23)20-14-7-5-4-6-8-14/h4-8,11,13,17H,9-10,12H2,1-3H3,(H2,20,21,23). The molecule has 2 N–H and O–H groups in total. The van der Waals surface area contributed by atoms with Crippen LogP contribution in [0.25, 0.3) is 0 Å². The summed E-state index contributed by atoms with van der Waals surface area (Å²) in [5, 5.41) is 10.1. The molecular formula is C19H25N3O3. The fourth-order valence-corrected chi connectivity index (χ4v) is 3.37. The first-order valence-electron chi connectivity index (χ1n) is 8.55. The van der Waals surface area contributed by atoms with Gasteiger partial charge in [-0.25, -0.2) is 4.79 Å². The average molecular weight is 343 g/mol. The highest BCUT2D eigenvalue weighted by atomic mass is 16.5. The molecule has 2 aromatic rings. The van der Waals surface area contributed by atoms with Crippen LogP contribution in [0.4, 0.5) is 10.5 Å². The van der Waals surface area contributed by atoms with Crippen LogP contribution >= 0.6 is 0 Å². The van der Waals surface area contributed by atoms with E-state index in [0.29, 0.717) is 12.5 Å². The Balaban J connectivity index is 1.51. The van der Waals surface area contributed by atoms with E-state index in [-0.39, 0.29) is 17.5 Å². The summed E-state index contributed by atoms with van der Waals surface area (Å²) in [7, 11) is 1.63. The summed E-state index contributed by atoms with van der Waals surface area (Å²) in [5.74, 6) is 1.20. The summed E-state index contributed by atoms with van der Waals surface area (Å²) in [6.45, 7) is 4.81. The van der Waals surface area contributed by atoms with Crippen LogP contribution in [0.1, 0.15) is 31.7 Å². The molecule has 0 aliphatic heterocycles. The third-order valence-corrected chi connectivity index (χ3v) is 5.16. The normalized spacial score (nSPS) is 21.4. The minimum absolute atomic E-state index is 0.00833. The summed E-state index contributed by atoms with van der Waals surface area (Å²) < 4.78 is 10.3. The smallest absolute Gasteiger partial charge is 0.319 e. The lowest BCUT2D eigenvalue weighted by Crippen LogP contribution is -2.59. The van der Waals surface area contributed by atoms with Gasteiger partial charge in [0.25, 0.3) is 0 Å². The Bertz CT molecular complexity index is 712. The van der Waals surface area contributed by atoms with Gasteiger partial charge in [0.15, 0.2) is 5.76 Å². The van der Waals surface area contributed by atoms with Crippen LogP contribution in [0.2, 0.25) is 0 Å². The summed E-state index contributed by atoms with van der Waals surface area (Å²) in [4.78, 5) is 12.2.